The molecule has 0 bridgehead atoms. The lowest BCUT2D eigenvalue weighted by atomic mass is 10.3. The summed E-state index contributed by atoms with van der Waals surface area (Å²) in [5.74, 6) is 2.32. The molecule has 1 unspecified atom stereocenters. The SMILES string of the molecule is Cc1ncccc1OC(C)Nc1cc(N(C)C)ncn1. The Labute approximate surface area is 118 Å². The fourth-order valence-corrected chi connectivity index (χ4v) is 1.69. The van der Waals surface area contributed by atoms with E-state index >= 15 is 0 Å². The lowest BCUT2D eigenvalue weighted by molar-refractivity contribution is 0.247. The molecule has 0 spiro atoms. The fourth-order valence-electron chi connectivity index (χ4n) is 1.69. The zero-order valence-electron chi connectivity index (χ0n) is 12.2. The highest BCUT2D eigenvalue weighted by Crippen LogP contribution is 2.17. The van der Waals surface area contributed by atoms with Crippen molar-refractivity contribution in [1.29, 1.82) is 0 Å². The molecule has 0 aliphatic heterocycles. The quantitative estimate of drug-likeness (QED) is 0.842. The Morgan fingerprint density at radius 2 is 2.05 bits per heavy atom. The third kappa shape index (κ3) is 3.57. The van der Waals surface area contributed by atoms with E-state index in [4.69, 9.17) is 4.74 Å². The number of pyridine rings is 1. The monoisotopic (exact) mass is 273 g/mol. The molecule has 2 aromatic heterocycles. The van der Waals surface area contributed by atoms with Crippen LogP contribution in [0.3, 0.4) is 0 Å². The molecule has 6 heteroatoms. The Balaban J connectivity index is 2.03. The van der Waals surface area contributed by atoms with Crippen LogP contribution in [0.25, 0.3) is 0 Å². The van der Waals surface area contributed by atoms with Gasteiger partial charge in [-0.1, -0.05) is 0 Å². The van der Waals surface area contributed by atoms with Gasteiger partial charge in [0.15, 0.2) is 6.23 Å². The first-order chi connectivity index (χ1) is 9.56. The average Bonchev–Trinajstić information content (AvgIpc) is 2.41. The van der Waals surface area contributed by atoms with Gasteiger partial charge in [0.2, 0.25) is 0 Å². The Kier molecular flexibility index (Phi) is 4.34. The number of aryl methyl sites for hydroxylation is 1. The highest BCUT2D eigenvalue weighted by molar-refractivity contribution is 5.47. The standard InChI is InChI=1S/C14H19N5O/c1-10-12(6-5-7-15-10)20-11(2)18-13-8-14(19(3)4)17-9-16-13/h5-9,11H,1-4H3,(H,16,17,18). The van der Waals surface area contributed by atoms with Gasteiger partial charge in [-0.25, -0.2) is 9.97 Å². The maximum absolute atomic E-state index is 5.80. The molecular weight excluding hydrogens is 254 g/mol. The van der Waals surface area contributed by atoms with Crippen molar-refractivity contribution in [2.45, 2.75) is 20.1 Å². The molecule has 1 atom stereocenters. The molecule has 0 amide bonds. The molecule has 0 aliphatic carbocycles. The third-order valence-corrected chi connectivity index (χ3v) is 2.72. The average molecular weight is 273 g/mol. The maximum Gasteiger partial charge on any atom is 0.168 e. The van der Waals surface area contributed by atoms with Gasteiger partial charge >= 0.3 is 0 Å². The van der Waals surface area contributed by atoms with Gasteiger partial charge in [0.25, 0.3) is 0 Å². The van der Waals surface area contributed by atoms with Gasteiger partial charge < -0.3 is 15.0 Å². The Morgan fingerprint density at radius 3 is 2.75 bits per heavy atom. The van der Waals surface area contributed by atoms with E-state index in [1.54, 1.807) is 6.20 Å². The van der Waals surface area contributed by atoms with Crippen molar-refractivity contribution in [3.8, 4) is 5.75 Å². The summed E-state index contributed by atoms with van der Waals surface area (Å²) in [6.45, 7) is 3.83. The normalized spacial score (nSPS) is 11.8. The number of hydrogen-bond donors (Lipinski definition) is 1. The van der Waals surface area contributed by atoms with Crippen LogP contribution in [0, 0.1) is 6.92 Å². The highest BCUT2D eigenvalue weighted by Gasteiger charge is 2.08. The minimum absolute atomic E-state index is 0.220. The molecule has 0 aliphatic rings. The summed E-state index contributed by atoms with van der Waals surface area (Å²) in [5, 5.41) is 3.19. The fraction of sp³-hybridized carbons (Fsp3) is 0.357. The molecule has 6 nitrogen and oxygen atoms in total. The maximum atomic E-state index is 5.80. The van der Waals surface area contributed by atoms with Crippen molar-refractivity contribution in [1.82, 2.24) is 15.0 Å². The van der Waals surface area contributed by atoms with Crippen LogP contribution < -0.4 is 15.0 Å². The van der Waals surface area contributed by atoms with Gasteiger partial charge in [0, 0.05) is 26.4 Å². The summed E-state index contributed by atoms with van der Waals surface area (Å²) in [7, 11) is 3.87. The van der Waals surface area contributed by atoms with Crippen molar-refractivity contribution < 1.29 is 4.74 Å². The summed E-state index contributed by atoms with van der Waals surface area (Å²) >= 11 is 0. The zero-order chi connectivity index (χ0) is 14.5. The van der Waals surface area contributed by atoms with Gasteiger partial charge in [0.1, 0.15) is 23.7 Å². The molecular formula is C14H19N5O. The predicted octanol–water partition coefficient (Wildman–Crippen LogP) is 2.08. The number of nitrogens with one attached hydrogen (secondary N) is 1. The van der Waals surface area contributed by atoms with E-state index < -0.39 is 0 Å². The first-order valence-corrected chi connectivity index (χ1v) is 6.40. The van der Waals surface area contributed by atoms with Gasteiger partial charge in [-0.3, -0.25) is 4.98 Å². The van der Waals surface area contributed by atoms with Gasteiger partial charge in [-0.15, -0.1) is 0 Å². The van der Waals surface area contributed by atoms with Crippen LogP contribution in [0.4, 0.5) is 11.6 Å². The minimum atomic E-state index is -0.220. The molecule has 0 radical (unpaired) electrons. The summed E-state index contributed by atoms with van der Waals surface area (Å²) < 4.78 is 5.80. The zero-order valence-corrected chi connectivity index (χ0v) is 12.2. The van der Waals surface area contributed by atoms with E-state index in [-0.39, 0.29) is 6.23 Å². The van der Waals surface area contributed by atoms with Crippen LogP contribution in [0.15, 0.2) is 30.7 Å². The van der Waals surface area contributed by atoms with E-state index in [0.717, 1.165) is 23.1 Å². The number of rotatable bonds is 5. The largest absolute Gasteiger partial charge is 0.469 e. The molecule has 0 fully saturated rings. The summed E-state index contributed by atoms with van der Waals surface area (Å²) in [6, 6.07) is 5.62. The van der Waals surface area contributed by atoms with Crippen LogP contribution >= 0.6 is 0 Å². The number of anilines is 2. The van der Waals surface area contributed by atoms with Crippen molar-refractivity contribution in [2.24, 2.45) is 0 Å². The topological polar surface area (TPSA) is 63.2 Å². The lowest BCUT2D eigenvalue weighted by Crippen LogP contribution is -2.24. The van der Waals surface area contributed by atoms with Crippen LogP contribution in [-0.2, 0) is 0 Å². The lowest BCUT2D eigenvalue weighted by Gasteiger charge is -2.18. The molecule has 0 saturated heterocycles. The van der Waals surface area contributed by atoms with E-state index in [1.165, 1.54) is 6.33 Å². The van der Waals surface area contributed by atoms with E-state index in [1.807, 2.05) is 51.0 Å². The molecule has 0 aromatic carbocycles. The number of hydrogen-bond acceptors (Lipinski definition) is 6. The van der Waals surface area contributed by atoms with Gasteiger partial charge in [-0.05, 0) is 26.0 Å². The second kappa shape index (κ2) is 6.18. The van der Waals surface area contributed by atoms with Crippen LogP contribution in [0.5, 0.6) is 5.75 Å². The van der Waals surface area contributed by atoms with Crippen LogP contribution in [-0.4, -0.2) is 35.3 Å². The predicted molar refractivity (Wildman–Crippen MR) is 79.0 cm³/mol. The molecule has 106 valence electrons. The minimum Gasteiger partial charge on any atom is -0.469 e. The van der Waals surface area contributed by atoms with Crippen LogP contribution in [0.2, 0.25) is 0 Å². The number of ether oxygens (including phenoxy) is 1. The van der Waals surface area contributed by atoms with E-state index in [9.17, 15) is 0 Å². The Morgan fingerprint density at radius 1 is 1.25 bits per heavy atom. The third-order valence-electron chi connectivity index (χ3n) is 2.72. The van der Waals surface area contributed by atoms with Gasteiger partial charge in [-0.2, -0.15) is 0 Å². The number of nitrogens with zero attached hydrogens (tertiary/aromatic N) is 4. The molecule has 2 heterocycles. The molecule has 0 saturated carbocycles. The van der Waals surface area contributed by atoms with Crippen molar-refractivity contribution in [3.63, 3.8) is 0 Å². The van der Waals surface area contributed by atoms with Gasteiger partial charge in [0.05, 0.1) is 5.69 Å². The molecule has 20 heavy (non-hydrogen) atoms. The van der Waals surface area contributed by atoms with Crippen molar-refractivity contribution in [3.05, 3.63) is 36.4 Å². The van der Waals surface area contributed by atoms with Crippen LogP contribution in [0.1, 0.15) is 12.6 Å². The second-order valence-corrected chi connectivity index (χ2v) is 4.65. The first-order valence-electron chi connectivity index (χ1n) is 6.40. The van der Waals surface area contributed by atoms with Crippen molar-refractivity contribution in [2.75, 3.05) is 24.3 Å². The van der Waals surface area contributed by atoms with E-state index in [2.05, 4.69) is 20.3 Å². The molecule has 2 rings (SSSR count). The second-order valence-electron chi connectivity index (χ2n) is 4.65. The molecule has 1 N–H and O–H groups in total. The first kappa shape index (κ1) is 14.0. The Bertz CT molecular complexity index is 573. The summed E-state index contributed by atoms with van der Waals surface area (Å²) in [5.41, 5.74) is 0.859. The van der Waals surface area contributed by atoms with Crippen molar-refractivity contribution >= 4 is 11.6 Å². The molecule has 2 aromatic rings. The highest BCUT2D eigenvalue weighted by atomic mass is 16.5. The smallest absolute Gasteiger partial charge is 0.168 e. The number of aromatic nitrogens is 3. The Hall–Kier alpha value is -2.37. The summed E-state index contributed by atoms with van der Waals surface area (Å²) in [6.07, 6.45) is 3.05. The summed E-state index contributed by atoms with van der Waals surface area (Å²) in [4.78, 5) is 14.5. The van der Waals surface area contributed by atoms with E-state index in [0.29, 0.717) is 0 Å².